The predicted molar refractivity (Wildman–Crippen MR) is 73.6 cm³/mol. The molecule has 2 heterocycles. The van der Waals surface area contributed by atoms with Gasteiger partial charge in [-0.3, -0.25) is 4.79 Å². The summed E-state index contributed by atoms with van der Waals surface area (Å²) in [5.74, 6) is 1.39. The van der Waals surface area contributed by atoms with Crippen LogP contribution in [-0.2, 0) is 10.3 Å². The number of nitrogens with one attached hydrogen (secondary N) is 1. The third-order valence-electron chi connectivity index (χ3n) is 3.98. The Kier molecular flexibility index (Phi) is 2.52. The van der Waals surface area contributed by atoms with Crippen molar-refractivity contribution in [2.45, 2.75) is 24.8 Å². The monoisotopic (exact) mass is 286 g/mol. The molecule has 1 saturated carbocycles. The quantitative estimate of drug-likeness (QED) is 0.865. The summed E-state index contributed by atoms with van der Waals surface area (Å²) in [6.45, 7) is 0.0114. The fraction of sp³-hybridized carbons (Fsp3) is 0.357. The number of hydrogen-bond donors (Lipinski definition) is 2. The van der Waals surface area contributed by atoms with Gasteiger partial charge in [-0.25, -0.2) is 0 Å². The Bertz CT molecular complexity index is 721. The van der Waals surface area contributed by atoms with Crippen LogP contribution >= 0.6 is 0 Å². The van der Waals surface area contributed by atoms with Crippen LogP contribution in [0.25, 0.3) is 11.5 Å². The van der Waals surface area contributed by atoms with Crippen molar-refractivity contribution < 1.29 is 14.1 Å². The van der Waals surface area contributed by atoms with Crippen molar-refractivity contribution in [1.29, 1.82) is 0 Å². The van der Waals surface area contributed by atoms with Crippen LogP contribution in [0.4, 0.5) is 5.69 Å². The van der Waals surface area contributed by atoms with Crippen LogP contribution in [0.15, 0.2) is 22.7 Å². The molecule has 7 nitrogen and oxygen atoms in total. The van der Waals surface area contributed by atoms with Gasteiger partial charge in [-0.05, 0) is 37.5 Å². The Morgan fingerprint density at radius 3 is 2.95 bits per heavy atom. The van der Waals surface area contributed by atoms with Crippen LogP contribution in [0.3, 0.4) is 0 Å². The summed E-state index contributed by atoms with van der Waals surface area (Å²) in [5, 5.41) is 6.72. The highest BCUT2D eigenvalue weighted by Gasteiger charge is 2.39. The highest BCUT2D eigenvalue weighted by Crippen LogP contribution is 2.38. The second-order valence-electron chi connectivity index (χ2n) is 5.48. The van der Waals surface area contributed by atoms with Gasteiger partial charge in [-0.2, -0.15) is 4.98 Å². The number of amides is 1. The molecule has 21 heavy (non-hydrogen) atoms. The number of nitrogens with zero attached hydrogens (tertiary/aromatic N) is 2. The third-order valence-corrected chi connectivity index (χ3v) is 3.98. The summed E-state index contributed by atoms with van der Waals surface area (Å²) in [7, 11) is 0. The fourth-order valence-electron chi connectivity index (χ4n) is 2.53. The molecule has 0 spiro atoms. The zero-order valence-electron chi connectivity index (χ0n) is 11.3. The maximum Gasteiger partial charge on any atom is 0.262 e. The predicted octanol–water partition coefficient (Wildman–Crippen LogP) is 1.41. The minimum atomic E-state index is -0.444. The second kappa shape index (κ2) is 4.29. The molecule has 3 N–H and O–H groups in total. The zero-order chi connectivity index (χ0) is 14.4. The molecule has 0 atom stereocenters. The number of carbonyl (C=O) groups is 1. The van der Waals surface area contributed by atoms with E-state index < -0.39 is 5.54 Å². The van der Waals surface area contributed by atoms with Crippen molar-refractivity contribution in [3.8, 4) is 17.2 Å². The van der Waals surface area contributed by atoms with Crippen LogP contribution in [0, 0.1) is 0 Å². The van der Waals surface area contributed by atoms with Gasteiger partial charge in [0.2, 0.25) is 0 Å². The molecule has 1 amide bonds. The van der Waals surface area contributed by atoms with E-state index in [2.05, 4.69) is 15.5 Å². The molecule has 0 saturated heterocycles. The first-order chi connectivity index (χ1) is 10.1. The average Bonchev–Trinajstić information content (AvgIpc) is 2.94. The van der Waals surface area contributed by atoms with Gasteiger partial charge in [-0.15, -0.1) is 0 Å². The first kappa shape index (κ1) is 12.3. The van der Waals surface area contributed by atoms with E-state index in [9.17, 15) is 4.79 Å². The zero-order valence-corrected chi connectivity index (χ0v) is 11.3. The Balaban J connectivity index is 1.66. The summed E-state index contributed by atoms with van der Waals surface area (Å²) in [5.41, 5.74) is 7.13. The number of nitrogens with two attached hydrogens (primary N) is 1. The lowest BCUT2D eigenvalue weighted by molar-refractivity contribution is -0.118. The van der Waals surface area contributed by atoms with Crippen molar-refractivity contribution in [3.05, 3.63) is 24.0 Å². The van der Waals surface area contributed by atoms with Crippen molar-refractivity contribution >= 4 is 11.6 Å². The standard InChI is InChI=1S/C14H14N4O3/c15-14(4-1-5-14)13-17-12(21-18-13)8-2-3-9-10(6-8)20-7-11(19)16-9/h2-3,6H,1,4-5,7,15H2,(H,16,19). The van der Waals surface area contributed by atoms with Crippen LogP contribution < -0.4 is 15.8 Å². The van der Waals surface area contributed by atoms with Crippen molar-refractivity contribution in [2.75, 3.05) is 11.9 Å². The molecule has 108 valence electrons. The summed E-state index contributed by atoms with van der Waals surface area (Å²) in [4.78, 5) is 15.6. The van der Waals surface area contributed by atoms with Crippen LogP contribution in [0.1, 0.15) is 25.1 Å². The number of aromatic nitrogens is 2. The first-order valence-electron chi connectivity index (χ1n) is 6.84. The minimum Gasteiger partial charge on any atom is -0.482 e. The molecular formula is C14H14N4O3. The van der Waals surface area contributed by atoms with E-state index >= 15 is 0 Å². The molecule has 0 bridgehead atoms. The molecule has 0 radical (unpaired) electrons. The highest BCUT2D eigenvalue weighted by molar-refractivity contribution is 5.95. The topological polar surface area (TPSA) is 103 Å². The first-order valence-corrected chi connectivity index (χ1v) is 6.84. The molecule has 0 unspecified atom stereocenters. The molecule has 1 aliphatic heterocycles. The molecule has 1 aliphatic carbocycles. The number of carbonyl (C=O) groups excluding carboxylic acids is 1. The van der Waals surface area contributed by atoms with Gasteiger partial charge in [0.25, 0.3) is 11.8 Å². The third kappa shape index (κ3) is 1.97. The lowest BCUT2D eigenvalue weighted by Crippen LogP contribution is -2.44. The van der Waals surface area contributed by atoms with Crippen molar-refractivity contribution in [2.24, 2.45) is 5.73 Å². The molecule has 7 heteroatoms. The maximum absolute atomic E-state index is 11.2. The Morgan fingerprint density at radius 2 is 2.19 bits per heavy atom. The summed E-state index contributed by atoms with van der Waals surface area (Å²) < 4.78 is 10.7. The molecule has 4 rings (SSSR count). The van der Waals surface area contributed by atoms with Crippen molar-refractivity contribution in [3.63, 3.8) is 0 Å². The van der Waals surface area contributed by atoms with Gasteiger partial charge >= 0.3 is 0 Å². The van der Waals surface area contributed by atoms with Gasteiger partial charge in [0.1, 0.15) is 5.75 Å². The van der Waals surface area contributed by atoms with Crippen LogP contribution in [-0.4, -0.2) is 22.7 Å². The van der Waals surface area contributed by atoms with E-state index in [1.165, 1.54) is 0 Å². The summed E-state index contributed by atoms with van der Waals surface area (Å²) in [6, 6.07) is 5.33. The van der Waals surface area contributed by atoms with Gasteiger partial charge < -0.3 is 20.3 Å². The van der Waals surface area contributed by atoms with E-state index in [-0.39, 0.29) is 12.5 Å². The van der Waals surface area contributed by atoms with E-state index in [4.69, 9.17) is 15.0 Å². The van der Waals surface area contributed by atoms with E-state index in [1.807, 2.05) is 0 Å². The molecule has 1 fully saturated rings. The number of benzene rings is 1. The molecule has 1 aromatic carbocycles. The second-order valence-corrected chi connectivity index (χ2v) is 5.48. The Hall–Kier alpha value is -2.41. The average molecular weight is 286 g/mol. The van der Waals surface area contributed by atoms with Crippen LogP contribution in [0.2, 0.25) is 0 Å². The van der Waals surface area contributed by atoms with Gasteiger partial charge in [0.05, 0.1) is 11.2 Å². The summed E-state index contributed by atoms with van der Waals surface area (Å²) in [6.07, 6.45) is 2.85. The van der Waals surface area contributed by atoms with E-state index in [0.717, 1.165) is 24.8 Å². The molecule has 2 aliphatic rings. The largest absolute Gasteiger partial charge is 0.482 e. The van der Waals surface area contributed by atoms with Crippen LogP contribution in [0.5, 0.6) is 5.75 Å². The maximum atomic E-state index is 11.2. The Labute approximate surface area is 120 Å². The summed E-state index contributed by atoms with van der Waals surface area (Å²) >= 11 is 0. The molecule has 1 aromatic heterocycles. The number of hydrogen-bond acceptors (Lipinski definition) is 6. The lowest BCUT2D eigenvalue weighted by Gasteiger charge is -2.34. The minimum absolute atomic E-state index is 0.0114. The number of rotatable bonds is 2. The van der Waals surface area contributed by atoms with Gasteiger partial charge in [0.15, 0.2) is 12.4 Å². The van der Waals surface area contributed by atoms with Crippen molar-refractivity contribution in [1.82, 2.24) is 10.1 Å². The molecular weight excluding hydrogens is 272 g/mol. The normalized spacial score (nSPS) is 19.2. The van der Waals surface area contributed by atoms with E-state index in [0.29, 0.717) is 23.2 Å². The van der Waals surface area contributed by atoms with Gasteiger partial charge in [0, 0.05) is 5.56 Å². The van der Waals surface area contributed by atoms with Gasteiger partial charge in [-0.1, -0.05) is 5.16 Å². The number of ether oxygens (including phenoxy) is 1. The molecule has 2 aromatic rings. The SMILES string of the molecule is NC1(c2noc(-c3ccc4c(c3)OCC(=O)N4)n2)CCC1. The number of fused-ring (bicyclic) bond motifs is 1. The lowest BCUT2D eigenvalue weighted by atomic mass is 9.77. The number of anilines is 1. The van der Waals surface area contributed by atoms with E-state index in [1.54, 1.807) is 18.2 Å². The highest BCUT2D eigenvalue weighted by atomic mass is 16.5. The fourth-order valence-corrected chi connectivity index (χ4v) is 2.53. The smallest absolute Gasteiger partial charge is 0.262 e. The Morgan fingerprint density at radius 1 is 1.33 bits per heavy atom.